The molecule has 4 fully saturated rings. The van der Waals surface area contributed by atoms with Crippen LogP contribution in [0.4, 0.5) is 15.9 Å². The van der Waals surface area contributed by atoms with Gasteiger partial charge in [-0.2, -0.15) is 9.97 Å². The maximum Gasteiger partial charge on any atom is 0.319 e. The Morgan fingerprint density at radius 1 is 0.940 bits per heavy atom. The number of phenols is 1. The Hall–Kier alpha value is -6.46. The number of carbonyl (C=O) groups excluding carboxylic acids is 3. The van der Waals surface area contributed by atoms with Gasteiger partial charge in [0, 0.05) is 73.6 Å². The quantitative estimate of drug-likeness (QED) is 0.0225. The molecule has 14 heteroatoms. The van der Waals surface area contributed by atoms with E-state index in [0.717, 1.165) is 104 Å². The maximum absolute atomic E-state index is 14.8. The first-order valence-electron chi connectivity index (χ1n) is 31.4. The van der Waals surface area contributed by atoms with Crippen molar-refractivity contribution < 1.29 is 28.6 Å². The van der Waals surface area contributed by atoms with Gasteiger partial charge in [-0.05, 0) is 137 Å². The first-order chi connectivity index (χ1) is 40.0. The molecule has 9 rings (SSSR count). The highest BCUT2D eigenvalue weighted by Crippen LogP contribution is 2.52. The third-order valence-electron chi connectivity index (χ3n) is 17.7. The van der Waals surface area contributed by atoms with E-state index in [2.05, 4.69) is 74.0 Å². The summed E-state index contributed by atoms with van der Waals surface area (Å²) in [4.78, 5) is 54.4. The van der Waals surface area contributed by atoms with Crippen LogP contribution >= 0.6 is 0 Å². The predicted octanol–water partition coefficient (Wildman–Crippen LogP) is 15.0. The minimum absolute atomic E-state index is 0.0317. The molecule has 3 atom stereocenters. The summed E-state index contributed by atoms with van der Waals surface area (Å²) < 4.78 is 21.3. The Kier molecular flexibility index (Phi) is 23.5. The van der Waals surface area contributed by atoms with Crippen LogP contribution in [0.25, 0.3) is 32.9 Å². The van der Waals surface area contributed by atoms with Gasteiger partial charge in [-0.15, -0.1) is 6.42 Å². The van der Waals surface area contributed by atoms with Gasteiger partial charge in [0.1, 0.15) is 29.3 Å². The molecule has 4 aliphatic rings. The van der Waals surface area contributed by atoms with E-state index in [1.54, 1.807) is 31.3 Å². The second-order valence-corrected chi connectivity index (χ2v) is 24.6. The van der Waals surface area contributed by atoms with Gasteiger partial charge in [0.15, 0.2) is 0 Å². The molecule has 5 heterocycles. The van der Waals surface area contributed by atoms with E-state index in [-0.39, 0.29) is 35.0 Å². The molecule has 3 aromatic carbocycles. The number of carbonyl (C=O) groups is 3. The summed E-state index contributed by atoms with van der Waals surface area (Å²) in [6.07, 6.45) is 30.7. The number of ketones is 1. The number of hydrogen-bond donors (Lipinski definition) is 4. The van der Waals surface area contributed by atoms with Crippen LogP contribution in [0.1, 0.15) is 205 Å². The van der Waals surface area contributed by atoms with Gasteiger partial charge in [-0.25, -0.2) is 4.39 Å². The van der Waals surface area contributed by atoms with Gasteiger partial charge in [-0.1, -0.05) is 123 Å². The predicted molar refractivity (Wildman–Crippen MR) is 336 cm³/mol. The van der Waals surface area contributed by atoms with Gasteiger partial charge in [-0.3, -0.25) is 29.6 Å². The number of halogens is 1. The molecule has 1 aliphatic carbocycles. The number of unbranched alkanes of at least 4 members (excludes halogenated alkanes) is 4. The number of ether oxygens (including phenoxy) is 1. The summed E-state index contributed by atoms with van der Waals surface area (Å²) >= 11 is 0. The monoisotopic (exact) mass is 1130 g/mol. The highest BCUT2D eigenvalue weighted by molar-refractivity contribution is 6.17. The number of aromatic nitrogens is 3. The van der Waals surface area contributed by atoms with Gasteiger partial charge in [0.2, 0.25) is 11.8 Å². The van der Waals surface area contributed by atoms with Crippen LogP contribution in [0.2, 0.25) is 0 Å². The van der Waals surface area contributed by atoms with E-state index >= 15 is 0 Å². The van der Waals surface area contributed by atoms with Crippen molar-refractivity contribution in [2.24, 2.45) is 23.2 Å². The van der Waals surface area contributed by atoms with Crippen LogP contribution in [0.3, 0.4) is 0 Å². The maximum atomic E-state index is 14.8. The number of aryl methyl sites for hydroxylation is 1. The molecular formula is C69H95FN8O5. The molecule has 5 aromatic rings. The number of phenolic OH excluding ortho intramolecular Hbond substituents is 1. The SMILES string of the molecule is C#Cc1c(F)ccc2cc(O)cc(-c3ncc4c(N5CCCC(C)C5)nc(OC5CCN(CC(C)=O)CC5)nc4c3C)c12.CCCCCC(CCC)c1cccc(C(=N)C2CCC(=O)NC2=O)c1NC.CCCCCC1(CCC)CC(C)C1. The van der Waals surface area contributed by atoms with Crippen molar-refractivity contribution in [2.75, 3.05) is 50.0 Å². The van der Waals surface area contributed by atoms with E-state index in [4.69, 9.17) is 31.5 Å². The number of fused-ring (bicyclic) bond motifs is 2. The Morgan fingerprint density at radius 3 is 2.34 bits per heavy atom. The van der Waals surface area contributed by atoms with Crippen molar-refractivity contribution in [3.8, 4) is 35.4 Å². The highest BCUT2D eigenvalue weighted by atomic mass is 19.1. The lowest BCUT2D eigenvalue weighted by Crippen LogP contribution is -2.44. The van der Waals surface area contributed by atoms with Crippen LogP contribution in [-0.2, 0) is 14.4 Å². The van der Waals surface area contributed by atoms with E-state index in [1.165, 1.54) is 88.7 Å². The number of hydrogen-bond acceptors (Lipinski definition) is 12. The number of amides is 2. The van der Waals surface area contributed by atoms with E-state index in [9.17, 15) is 23.9 Å². The lowest BCUT2D eigenvalue weighted by atomic mass is 9.58. The molecule has 0 bridgehead atoms. The van der Waals surface area contributed by atoms with E-state index in [1.807, 2.05) is 26.1 Å². The number of piperidine rings is 3. The van der Waals surface area contributed by atoms with Crippen molar-refractivity contribution in [2.45, 2.75) is 196 Å². The fourth-order valence-corrected chi connectivity index (χ4v) is 13.8. The number of para-hydroxylation sites is 1. The first-order valence-corrected chi connectivity index (χ1v) is 31.4. The Labute approximate surface area is 494 Å². The number of nitrogens with zero attached hydrogens (tertiary/aromatic N) is 5. The van der Waals surface area contributed by atoms with Crippen LogP contribution in [0, 0.1) is 53.7 Å². The summed E-state index contributed by atoms with van der Waals surface area (Å²) in [5, 5.41) is 26.9. The van der Waals surface area contributed by atoms with E-state index in [0.29, 0.717) is 70.5 Å². The van der Waals surface area contributed by atoms with Crippen LogP contribution in [0.5, 0.6) is 11.8 Å². The molecule has 1 saturated carbocycles. The molecular weight excluding hydrogens is 1040 g/mol. The summed E-state index contributed by atoms with van der Waals surface area (Å²) in [5.41, 5.74) is 6.73. The van der Waals surface area contributed by atoms with Gasteiger partial charge >= 0.3 is 6.01 Å². The number of terminal acetylenes is 1. The van der Waals surface area contributed by atoms with Crippen molar-refractivity contribution >= 4 is 56.5 Å². The molecule has 4 N–H and O–H groups in total. The van der Waals surface area contributed by atoms with Gasteiger partial charge < -0.3 is 25.5 Å². The number of imide groups is 1. The number of likely N-dealkylation sites (tertiary alicyclic amines) is 1. The zero-order valence-electron chi connectivity index (χ0n) is 51.5. The molecule has 83 heavy (non-hydrogen) atoms. The number of benzene rings is 3. The molecule has 3 unspecified atom stereocenters. The van der Waals surface area contributed by atoms with Crippen LogP contribution in [-0.4, -0.2) is 94.1 Å². The topological polar surface area (TPSA) is 174 Å². The van der Waals surface area contributed by atoms with Crippen molar-refractivity contribution in [3.63, 3.8) is 0 Å². The second kappa shape index (κ2) is 30.4. The minimum Gasteiger partial charge on any atom is -0.508 e. The van der Waals surface area contributed by atoms with Crippen molar-refractivity contribution in [1.29, 1.82) is 5.41 Å². The third-order valence-corrected chi connectivity index (χ3v) is 17.7. The normalized spacial score (nSPS) is 20.5. The van der Waals surface area contributed by atoms with Crippen molar-refractivity contribution in [1.82, 2.24) is 25.2 Å². The summed E-state index contributed by atoms with van der Waals surface area (Å²) in [6, 6.07) is 12.4. The zero-order valence-corrected chi connectivity index (χ0v) is 51.5. The molecule has 13 nitrogen and oxygen atoms in total. The molecule has 0 radical (unpaired) electrons. The fourth-order valence-electron chi connectivity index (χ4n) is 13.8. The Morgan fingerprint density at radius 2 is 1.69 bits per heavy atom. The van der Waals surface area contributed by atoms with Gasteiger partial charge in [0.05, 0.1) is 40.3 Å². The number of rotatable bonds is 22. The molecule has 3 aliphatic heterocycles. The second-order valence-electron chi connectivity index (χ2n) is 24.6. The number of nitrogens with one attached hydrogen (secondary N) is 3. The molecule has 2 aromatic heterocycles. The minimum atomic E-state index is -0.560. The number of anilines is 2. The van der Waals surface area contributed by atoms with Crippen LogP contribution in [0.15, 0.2) is 48.7 Å². The molecule has 448 valence electrons. The standard InChI is InChI=1S/C34H36FN5O3.C22H33N3O2.C13H26/c1-5-26-29(35)9-8-23-15-24(42)16-27(30(23)26)31-22(4)32-28(17-36-31)33(40-12-6-7-20(2)18-40)38-34(37-32)43-25-10-13-39(14-11-25)19-21(3)41;1-4-6-7-10-15(9-5-2)16-11-8-12-17(21(16)24-3)20(23)18-13-14-19(26)25-22(18)27;1-4-6-7-9-13(8-5-2)10-12(3)11-13/h1,8-9,15-17,20,25,42H,6-7,10-14,18-19H2,2-4H3;8,11-12,15,18,23-24H,4-7,9-10,13-14H2,1-3H3,(H,25,26,27);12H,4-11H2,1-3H3. The fraction of sp³-hybridized carbons (Fsp3) is 0.580. The highest BCUT2D eigenvalue weighted by Gasteiger charge is 2.40. The molecule has 2 amide bonds. The number of Topliss-reactive ketones (excluding diaryl/α,β-unsaturated/α-hetero) is 1. The van der Waals surface area contributed by atoms with Crippen molar-refractivity contribution in [3.05, 3.63) is 76.7 Å². The molecule has 3 saturated heterocycles. The molecule has 0 spiro atoms. The average Bonchev–Trinajstić information content (AvgIpc) is 2.51. The van der Waals surface area contributed by atoms with E-state index < -0.39 is 11.7 Å². The largest absolute Gasteiger partial charge is 0.508 e. The number of aromatic hydroxyl groups is 1. The zero-order chi connectivity index (χ0) is 59.8. The van der Waals surface area contributed by atoms with Gasteiger partial charge in [0.25, 0.3) is 0 Å². The Balaban J connectivity index is 0.000000210. The Bertz CT molecular complexity index is 3080. The first kappa shape index (κ1) is 64.1. The average molecular weight is 1140 g/mol. The third kappa shape index (κ3) is 16.3. The summed E-state index contributed by atoms with van der Waals surface area (Å²) in [7, 11) is 1.88. The lowest BCUT2D eigenvalue weighted by Gasteiger charge is -2.47. The lowest BCUT2D eigenvalue weighted by molar-refractivity contribution is -0.134. The van der Waals surface area contributed by atoms with Crippen LogP contribution < -0.4 is 20.3 Å². The number of pyridine rings is 1. The smallest absolute Gasteiger partial charge is 0.319 e. The summed E-state index contributed by atoms with van der Waals surface area (Å²) in [6.45, 7) is 21.0. The summed E-state index contributed by atoms with van der Waals surface area (Å²) in [5.74, 6) is 3.82.